The van der Waals surface area contributed by atoms with Gasteiger partial charge in [0, 0.05) is 0 Å². The van der Waals surface area contributed by atoms with Crippen LogP contribution >= 0.6 is 22.6 Å². The average Bonchev–Trinajstić information content (AvgIpc) is 1.65. The molecule has 36 valence electrons. The molecular formula is C2H3FINO. The Hall–Kier alpha value is 0.130. The van der Waals surface area contributed by atoms with Crippen LogP contribution < -0.4 is 5.54 Å². The fourth-order valence-electron chi connectivity index (χ4n) is 0.0253. The van der Waals surface area contributed by atoms with Gasteiger partial charge in [-0.2, -0.15) is 5.54 Å². The third kappa shape index (κ3) is 2.37. The third-order valence-electron chi connectivity index (χ3n) is 0.227. The van der Waals surface area contributed by atoms with Gasteiger partial charge in [0.2, 0.25) is 0 Å². The maximum atomic E-state index is 10.8. The van der Waals surface area contributed by atoms with Crippen molar-refractivity contribution in [2.75, 3.05) is 4.43 Å². The lowest BCUT2D eigenvalue weighted by Crippen LogP contribution is -2.13. The van der Waals surface area contributed by atoms with Crippen molar-refractivity contribution < 1.29 is 9.28 Å². The summed E-state index contributed by atoms with van der Waals surface area (Å²) in [6, 6.07) is 0. The van der Waals surface area contributed by atoms with E-state index in [0.29, 0.717) is 0 Å². The summed E-state index contributed by atoms with van der Waals surface area (Å²) >= 11 is 1.76. The maximum Gasteiger partial charge on any atom is 0.257 e. The number of amides is 1. The molecule has 6 heavy (non-hydrogen) atoms. The monoisotopic (exact) mass is 203 g/mol. The van der Waals surface area contributed by atoms with E-state index in [4.69, 9.17) is 0 Å². The topological polar surface area (TPSA) is 29.1 Å². The SMILES string of the molecule is O=C(CI)NF. The molecule has 0 aliphatic rings. The van der Waals surface area contributed by atoms with Gasteiger partial charge in [0.15, 0.2) is 0 Å². The van der Waals surface area contributed by atoms with Gasteiger partial charge in [-0.15, -0.1) is 4.48 Å². The second-order valence-electron chi connectivity index (χ2n) is 0.651. The molecule has 0 saturated carbocycles. The van der Waals surface area contributed by atoms with Gasteiger partial charge in [-0.25, -0.2) is 0 Å². The minimum absolute atomic E-state index is 0.175. The summed E-state index contributed by atoms with van der Waals surface area (Å²) in [5, 5.41) is 0. The summed E-state index contributed by atoms with van der Waals surface area (Å²) < 4.78 is 11.0. The van der Waals surface area contributed by atoms with Crippen molar-refractivity contribution in [2.45, 2.75) is 0 Å². The lowest BCUT2D eigenvalue weighted by molar-refractivity contribution is -0.122. The predicted octanol–water partition coefficient (Wildman–Crippen LogP) is 0.422. The molecule has 1 N–H and O–H groups in total. The summed E-state index contributed by atoms with van der Waals surface area (Å²) in [7, 11) is 0. The Balaban J connectivity index is 2.99. The van der Waals surface area contributed by atoms with Crippen LogP contribution in [0, 0.1) is 0 Å². The third-order valence-corrected chi connectivity index (χ3v) is 0.920. The van der Waals surface area contributed by atoms with Gasteiger partial charge in [-0.1, -0.05) is 22.6 Å². The number of carbonyl (C=O) groups is 1. The van der Waals surface area contributed by atoms with Crippen LogP contribution in [-0.4, -0.2) is 10.3 Å². The summed E-state index contributed by atoms with van der Waals surface area (Å²) in [6.45, 7) is 0. The van der Waals surface area contributed by atoms with Gasteiger partial charge in [0.05, 0.1) is 4.43 Å². The molecule has 0 heterocycles. The number of nitrogens with one attached hydrogen (secondary N) is 1. The molecular weight excluding hydrogens is 200 g/mol. The minimum atomic E-state index is -0.587. The minimum Gasteiger partial charge on any atom is -0.272 e. The van der Waals surface area contributed by atoms with Crippen LogP contribution in [-0.2, 0) is 4.79 Å². The second kappa shape index (κ2) is 3.32. The molecule has 0 unspecified atom stereocenters. The van der Waals surface area contributed by atoms with Crippen molar-refractivity contribution in [3.63, 3.8) is 0 Å². The van der Waals surface area contributed by atoms with Gasteiger partial charge in [-0.3, -0.25) is 4.79 Å². The van der Waals surface area contributed by atoms with Gasteiger partial charge in [0.25, 0.3) is 5.91 Å². The molecule has 0 radical (unpaired) electrons. The Labute approximate surface area is 48.2 Å². The number of alkyl halides is 1. The molecule has 0 saturated heterocycles. The lowest BCUT2D eigenvalue weighted by Gasteiger charge is -1.80. The van der Waals surface area contributed by atoms with Crippen LogP contribution in [0.4, 0.5) is 4.48 Å². The van der Waals surface area contributed by atoms with Crippen LogP contribution in [0.25, 0.3) is 0 Å². The zero-order chi connectivity index (χ0) is 4.99. The predicted molar refractivity (Wildman–Crippen MR) is 28.1 cm³/mol. The molecule has 0 atom stereocenters. The Morgan fingerprint density at radius 1 is 2.00 bits per heavy atom. The molecule has 0 aliphatic heterocycles. The largest absolute Gasteiger partial charge is 0.272 e. The zero-order valence-corrected chi connectivity index (χ0v) is 5.03. The number of hydrogen-bond acceptors (Lipinski definition) is 1. The van der Waals surface area contributed by atoms with Gasteiger partial charge < -0.3 is 0 Å². The fraction of sp³-hybridized carbons (Fsp3) is 0.500. The molecule has 0 fully saturated rings. The quantitative estimate of drug-likeness (QED) is 0.373. The number of hydrogen-bond donors (Lipinski definition) is 1. The zero-order valence-electron chi connectivity index (χ0n) is 2.87. The Morgan fingerprint density at radius 3 is 2.50 bits per heavy atom. The molecule has 1 amide bonds. The van der Waals surface area contributed by atoms with E-state index in [9.17, 15) is 9.28 Å². The van der Waals surface area contributed by atoms with Gasteiger partial charge in [0.1, 0.15) is 0 Å². The van der Waals surface area contributed by atoms with E-state index in [1.807, 2.05) is 0 Å². The van der Waals surface area contributed by atoms with E-state index in [-0.39, 0.29) is 4.43 Å². The van der Waals surface area contributed by atoms with E-state index in [0.717, 1.165) is 5.54 Å². The number of rotatable bonds is 1. The average molecular weight is 203 g/mol. The summed E-state index contributed by atoms with van der Waals surface area (Å²) in [6.07, 6.45) is 0. The molecule has 0 rings (SSSR count). The first-order valence-electron chi connectivity index (χ1n) is 1.26. The van der Waals surface area contributed by atoms with E-state index in [1.54, 1.807) is 22.6 Å². The normalized spacial score (nSPS) is 7.67. The lowest BCUT2D eigenvalue weighted by atomic mass is 10.8. The first-order chi connectivity index (χ1) is 2.81. The van der Waals surface area contributed by atoms with Crippen molar-refractivity contribution in [1.29, 1.82) is 0 Å². The van der Waals surface area contributed by atoms with E-state index in [2.05, 4.69) is 0 Å². The van der Waals surface area contributed by atoms with Crippen LogP contribution in [0.15, 0.2) is 0 Å². The van der Waals surface area contributed by atoms with Gasteiger partial charge >= 0.3 is 0 Å². The summed E-state index contributed by atoms with van der Waals surface area (Å²) in [4.78, 5) is 9.69. The first-order valence-corrected chi connectivity index (χ1v) is 2.79. The molecule has 0 aliphatic carbocycles. The van der Waals surface area contributed by atoms with Crippen molar-refractivity contribution in [1.82, 2.24) is 5.54 Å². The highest BCUT2D eigenvalue weighted by molar-refractivity contribution is 14.1. The summed E-state index contributed by atoms with van der Waals surface area (Å²) in [5.41, 5.74) is 0.968. The van der Waals surface area contributed by atoms with Crippen molar-refractivity contribution in [2.24, 2.45) is 0 Å². The fourth-order valence-corrected chi connectivity index (χ4v) is 0.169. The van der Waals surface area contributed by atoms with Crippen molar-refractivity contribution in [3.8, 4) is 0 Å². The molecule has 0 aromatic heterocycles. The standard InChI is InChI=1S/C2H3FINO/c3-5-2(6)1-4/h1H2,(H,5,6). The van der Waals surface area contributed by atoms with Crippen molar-refractivity contribution >= 4 is 28.5 Å². The number of halogens is 2. The molecule has 0 bridgehead atoms. The van der Waals surface area contributed by atoms with Crippen LogP contribution in [0.5, 0.6) is 0 Å². The van der Waals surface area contributed by atoms with Crippen molar-refractivity contribution in [3.05, 3.63) is 0 Å². The Morgan fingerprint density at radius 2 is 2.50 bits per heavy atom. The first kappa shape index (κ1) is 6.13. The van der Waals surface area contributed by atoms with Crippen LogP contribution in [0.3, 0.4) is 0 Å². The molecule has 0 aromatic carbocycles. The maximum absolute atomic E-state index is 10.8. The van der Waals surface area contributed by atoms with E-state index < -0.39 is 5.91 Å². The molecule has 0 aromatic rings. The second-order valence-corrected chi connectivity index (χ2v) is 1.41. The summed E-state index contributed by atoms with van der Waals surface area (Å²) in [5.74, 6) is -0.587. The van der Waals surface area contributed by atoms with E-state index >= 15 is 0 Å². The van der Waals surface area contributed by atoms with E-state index in [1.165, 1.54) is 0 Å². The Kier molecular flexibility index (Phi) is 3.40. The number of carbonyl (C=O) groups excluding carboxylic acids is 1. The van der Waals surface area contributed by atoms with Crippen LogP contribution in [0.2, 0.25) is 0 Å². The smallest absolute Gasteiger partial charge is 0.257 e. The highest BCUT2D eigenvalue weighted by atomic mass is 127. The highest BCUT2D eigenvalue weighted by Gasteiger charge is 1.89. The molecule has 2 nitrogen and oxygen atoms in total. The Bertz CT molecular complexity index is 51.5. The van der Waals surface area contributed by atoms with Gasteiger partial charge in [-0.05, 0) is 0 Å². The highest BCUT2D eigenvalue weighted by Crippen LogP contribution is 1.77. The van der Waals surface area contributed by atoms with Crippen LogP contribution in [0.1, 0.15) is 0 Å². The molecule has 0 spiro atoms. The molecule has 4 heteroatoms.